The number of aromatic nitrogens is 3. The van der Waals surface area contributed by atoms with Gasteiger partial charge in [0.15, 0.2) is 0 Å². The van der Waals surface area contributed by atoms with Crippen molar-refractivity contribution in [2.24, 2.45) is 0 Å². The molecule has 0 bridgehead atoms. The quantitative estimate of drug-likeness (QED) is 0.240. The largest absolute Gasteiger partial charge is 0.507 e. The van der Waals surface area contributed by atoms with Crippen LogP contribution in [0, 0.1) is 0 Å². The van der Waals surface area contributed by atoms with E-state index in [0.29, 0.717) is 11.6 Å². The molecule has 8 rings (SSSR count). The second-order valence-electron chi connectivity index (χ2n) is 11.3. The van der Waals surface area contributed by atoms with E-state index in [1.54, 1.807) is 12.3 Å². The summed E-state index contributed by atoms with van der Waals surface area (Å²) < 4.78 is 8.56. The third-order valence-corrected chi connectivity index (χ3v) is 8.43. The van der Waals surface area contributed by atoms with Crippen LogP contribution in [0.2, 0.25) is 0 Å². The molecule has 3 aromatic heterocycles. The summed E-state index contributed by atoms with van der Waals surface area (Å²) in [5.74, 6) is 1.44. The number of pyridine rings is 2. The van der Waals surface area contributed by atoms with Crippen LogP contribution < -0.4 is 4.74 Å². The van der Waals surface area contributed by atoms with E-state index < -0.39 is 0 Å². The van der Waals surface area contributed by atoms with E-state index >= 15 is 0 Å². The lowest BCUT2D eigenvalue weighted by Gasteiger charge is -2.21. The van der Waals surface area contributed by atoms with Gasteiger partial charge in [-0.3, -0.25) is 0 Å². The first kappa shape index (κ1) is 24.4. The van der Waals surface area contributed by atoms with E-state index in [4.69, 9.17) is 9.72 Å². The number of hydrogen-bond donors (Lipinski definition) is 1. The number of benzene rings is 4. The molecule has 4 aromatic carbocycles. The smallest absolute Gasteiger partial charge is 0.221 e. The zero-order valence-corrected chi connectivity index (χ0v) is 23.2. The Hall–Kier alpha value is -5.42. The summed E-state index contributed by atoms with van der Waals surface area (Å²) in [6.07, 6.45) is 1.78. The van der Waals surface area contributed by atoms with Gasteiger partial charge in [-0.05, 0) is 53.6 Å². The average Bonchev–Trinajstić information content (AvgIpc) is 3.47. The van der Waals surface area contributed by atoms with Crippen molar-refractivity contribution in [3.63, 3.8) is 0 Å². The minimum absolute atomic E-state index is 0.229. The molecule has 0 unspecified atom stereocenters. The Morgan fingerprint density at radius 3 is 2.24 bits per heavy atom. The Kier molecular flexibility index (Phi) is 5.25. The summed E-state index contributed by atoms with van der Waals surface area (Å²) in [5, 5.41) is 13.1. The molecule has 0 spiro atoms. The highest BCUT2D eigenvalue weighted by molar-refractivity contribution is 6.09. The minimum atomic E-state index is -0.229. The Morgan fingerprint density at radius 2 is 1.45 bits per heavy atom. The number of nitrogens with zero attached hydrogens (tertiary/aromatic N) is 3. The first-order valence-electron chi connectivity index (χ1n) is 14.1. The molecule has 0 radical (unpaired) electrons. The maximum atomic E-state index is 10.7. The minimum Gasteiger partial charge on any atom is -0.507 e. The maximum absolute atomic E-state index is 10.7. The highest BCUT2D eigenvalue weighted by Crippen LogP contribution is 2.51. The highest BCUT2D eigenvalue weighted by atomic mass is 16.5. The number of aromatic hydroxyl groups is 1. The van der Waals surface area contributed by atoms with E-state index in [1.165, 1.54) is 10.8 Å². The van der Waals surface area contributed by atoms with Crippen LogP contribution >= 0.6 is 0 Å². The van der Waals surface area contributed by atoms with Gasteiger partial charge in [-0.2, -0.15) is 0 Å². The molecule has 5 heteroatoms. The Labute approximate surface area is 243 Å². The molecule has 0 amide bonds. The zero-order valence-electron chi connectivity index (χ0n) is 23.2. The molecule has 0 fully saturated rings. The van der Waals surface area contributed by atoms with Crippen LogP contribution in [0.15, 0.2) is 121 Å². The van der Waals surface area contributed by atoms with Crippen molar-refractivity contribution >= 4 is 21.8 Å². The van der Waals surface area contributed by atoms with Crippen molar-refractivity contribution in [3.05, 3.63) is 133 Å². The molecule has 1 aliphatic carbocycles. The van der Waals surface area contributed by atoms with Gasteiger partial charge in [-0.15, -0.1) is 0 Å². The number of hydrogen-bond acceptors (Lipinski definition) is 4. The third kappa shape index (κ3) is 3.63. The second-order valence-corrected chi connectivity index (χ2v) is 11.3. The fraction of sp³-hybridized carbons (Fsp3) is 0.0811. The van der Waals surface area contributed by atoms with Crippen LogP contribution in [-0.4, -0.2) is 19.6 Å². The number of phenolic OH excluding ortho intramolecular Hbond substituents is 1. The number of phenols is 1. The molecule has 0 aliphatic heterocycles. The SMILES string of the molecule is CC1(C)c2ccc(-c3cccc(Oc4cc(-n5c6ccccc6c6ccccc65)ccn4)c3)nc2-c2c(O)cccc21. The van der Waals surface area contributed by atoms with Crippen LogP contribution in [0.1, 0.15) is 25.0 Å². The van der Waals surface area contributed by atoms with Gasteiger partial charge in [0, 0.05) is 39.6 Å². The molecule has 7 aromatic rings. The van der Waals surface area contributed by atoms with Crippen LogP contribution in [0.3, 0.4) is 0 Å². The summed E-state index contributed by atoms with van der Waals surface area (Å²) in [7, 11) is 0. The van der Waals surface area contributed by atoms with Crippen molar-refractivity contribution in [1.29, 1.82) is 0 Å². The summed E-state index contributed by atoms with van der Waals surface area (Å²) in [4.78, 5) is 9.57. The van der Waals surface area contributed by atoms with Gasteiger partial charge in [-0.25, -0.2) is 9.97 Å². The molecule has 0 saturated carbocycles. The molecule has 0 atom stereocenters. The molecule has 0 saturated heterocycles. The monoisotopic (exact) mass is 545 g/mol. The number of para-hydroxylation sites is 2. The fourth-order valence-corrected chi connectivity index (χ4v) is 6.40. The Balaban J connectivity index is 1.16. The van der Waals surface area contributed by atoms with Gasteiger partial charge >= 0.3 is 0 Å². The zero-order chi connectivity index (χ0) is 28.4. The van der Waals surface area contributed by atoms with Crippen molar-refractivity contribution in [1.82, 2.24) is 14.5 Å². The van der Waals surface area contributed by atoms with E-state index in [0.717, 1.165) is 50.4 Å². The van der Waals surface area contributed by atoms with Crippen LogP contribution in [0.4, 0.5) is 0 Å². The predicted molar refractivity (Wildman–Crippen MR) is 168 cm³/mol. The lowest BCUT2D eigenvalue weighted by molar-refractivity contribution is 0.463. The lowest BCUT2D eigenvalue weighted by Crippen LogP contribution is -2.14. The first-order chi connectivity index (χ1) is 20.5. The molecule has 1 aliphatic rings. The summed E-state index contributed by atoms with van der Waals surface area (Å²) in [6, 6.07) is 38.6. The summed E-state index contributed by atoms with van der Waals surface area (Å²) in [5.41, 5.74) is 8.62. The normalized spacial score (nSPS) is 13.3. The first-order valence-corrected chi connectivity index (χ1v) is 14.1. The van der Waals surface area contributed by atoms with Gasteiger partial charge in [0.1, 0.15) is 11.5 Å². The molecular weight excluding hydrogens is 518 g/mol. The van der Waals surface area contributed by atoms with E-state index in [1.807, 2.05) is 48.5 Å². The lowest BCUT2D eigenvalue weighted by atomic mass is 9.83. The van der Waals surface area contributed by atoms with Crippen molar-refractivity contribution in [2.45, 2.75) is 19.3 Å². The van der Waals surface area contributed by atoms with Crippen LogP contribution in [-0.2, 0) is 5.41 Å². The summed E-state index contributed by atoms with van der Waals surface area (Å²) in [6.45, 7) is 4.35. The van der Waals surface area contributed by atoms with Crippen LogP contribution in [0.25, 0.3) is 50.0 Å². The van der Waals surface area contributed by atoms with Gasteiger partial charge in [-0.1, -0.05) is 80.6 Å². The fourth-order valence-electron chi connectivity index (χ4n) is 6.40. The van der Waals surface area contributed by atoms with Gasteiger partial charge in [0.2, 0.25) is 5.88 Å². The van der Waals surface area contributed by atoms with Gasteiger partial charge in [0.25, 0.3) is 0 Å². The molecular formula is C37H27N3O2. The molecule has 3 heterocycles. The number of fused-ring (bicyclic) bond motifs is 6. The Bertz CT molecular complexity index is 2120. The average molecular weight is 546 g/mol. The number of rotatable bonds is 4. The second kappa shape index (κ2) is 9.05. The van der Waals surface area contributed by atoms with E-state index in [2.05, 4.69) is 84.1 Å². The maximum Gasteiger partial charge on any atom is 0.221 e. The highest BCUT2D eigenvalue weighted by Gasteiger charge is 2.38. The Morgan fingerprint density at radius 1 is 0.714 bits per heavy atom. The standard InChI is InChI=1S/C37H27N3O2/c1-37(2)28-13-8-16-33(41)35(28)36-29(37)17-18-30(39-36)23-9-7-10-25(21-23)42-34-22-24(19-20-38-34)40-31-14-5-3-11-26(31)27-12-4-6-15-32(27)40/h3-22,41H,1-2H3. The molecule has 202 valence electrons. The number of ether oxygens (including phenoxy) is 1. The molecule has 42 heavy (non-hydrogen) atoms. The van der Waals surface area contributed by atoms with Crippen LogP contribution in [0.5, 0.6) is 17.4 Å². The van der Waals surface area contributed by atoms with Crippen molar-refractivity contribution in [2.75, 3.05) is 0 Å². The third-order valence-electron chi connectivity index (χ3n) is 8.43. The van der Waals surface area contributed by atoms with E-state index in [9.17, 15) is 5.11 Å². The van der Waals surface area contributed by atoms with Gasteiger partial charge < -0.3 is 14.4 Å². The molecule has 5 nitrogen and oxygen atoms in total. The van der Waals surface area contributed by atoms with Crippen molar-refractivity contribution < 1.29 is 9.84 Å². The van der Waals surface area contributed by atoms with Crippen molar-refractivity contribution in [3.8, 4) is 45.6 Å². The predicted octanol–water partition coefficient (Wildman–Crippen LogP) is 9.04. The van der Waals surface area contributed by atoms with Gasteiger partial charge in [0.05, 0.1) is 28.1 Å². The molecule has 1 N–H and O–H groups in total. The van der Waals surface area contributed by atoms with E-state index in [-0.39, 0.29) is 11.2 Å². The topological polar surface area (TPSA) is 60.2 Å². The summed E-state index contributed by atoms with van der Waals surface area (Å²) >= 11 is 0.